The summed E-state index contributed by atoms with van der Waals surface area (Å²) in [6.45, 7) is 8.20. The van der Waals surface area contributed by atoms with Crippen LogP contribution in [0.15, 0.2) is 0 Å². The van der Waals surface area contributed by atoms with Gasteiger partial charge >= 0.3 is 0 Å². The Hall–Kier alpha value is -1.63. The predicted octanol–water partition coefficient (Wildman–Crippen LogP) is 1.03. The molecule has 0 bridgehead atoms. The molecule has 144 valence electrons. The number of unbranched alkanes of at least 4 members (excludes halogenated alkanes) is 1. The second-order valence-electron chi connectivity index (χ2n) is 5.60. The minimum atomic E-state index is 0.0926. The minimum Gasteiger partial charge on any atom is -0.359 e. The third-order valence-corrected chi connectivity index (χ3v) is 3.16. The van der Waals surface area contributed by atoms with Crippen LogP contribution in [-0.4, -0.2) is 45.4 Å². The van der Waals surface area contributed by atoms with Gasteiger partial charge < -0.3 is 21.7 Å². The van der Waals surface area contributed by atoms with Crippen LogP contribution in [0.1, 0.15) is 53.4 Å². The predicted molar refractivity (Wildman–Crippen MR) is 99.4 cm³/mol. The van der Waals surface area contributed by atoms with Gasteiger partial charge in [-0.3, -0.25) is 14.4 Å². The van der Waals surface area contributed by atoms with Crippen LogP contribution in [0.4, 0.5) is 0 Å². The van der Waals surface area contributed by atoms with E-state index in [1.54, 1.807) is 21.1 Å². The average molecular weight is 347 g/mol. The zero-order valence-electron chi connectivity index (χ0n) is 16.5. The van der Waals surface area contributed by atoms with E-state index in [9.17, 15) is 14.4 Å². The highest BCUT2D eigenvalue weighted by atomic mass is 16.2. The Kier molecular flexibility index (Phi) is 22.0. The lowest BCUT2D eigenvalue weighted by Crippen LogP contribution is -2.25. The molecule has 0 radical (unpaired) electrons. The largest absolute Gasteiger partial charge is 0.359 e. The van der Waals surface area contributed by atoms with Crippen molar-refractivity contribution < 1.29 is 14.4 Å². The van der Waals surface area contributed by atoms with Gasteiger partial charge in [0.1, 0.15) is 0 Å². The molecule has 0 heterocycles. The van der Waals surface area contributed by atoms with E-state index in [2.05, 4.69) is 16.0 Å². The number of rotatable bonds is 7. The summed E-state index contributed by atoms with van der Waals surface area (Å²) in [5, 5.41) is 7.62. The molecule has 0 rings (SSSR count). The highest BCUT2D eigenvalue weighted by Crippen LogP contribution is 2.06. The van der Waals surface area contributed by atoms with E-state index in [1.165, 1.54) is 0 Å². The number of hydrogen-bond donors (Lipinski definition) is 4. The molecule has 7 heteroatoms. The molecular formula is C17H38N4O3. The monoisotopic (exact) mass is 346 g/mol. The summed E-state index contributed by atoms with van der Waals surface area (Å²) in [4.78, 5) is 31.4. The number of carbonyl (C=O) groups excluding carboxylic acids is 3. The average Bonchev–Trinajstić information content (AvgIpc) is 2.60. The summed E-state index contributed by atoms with van der Waals surface area (Å²) in [7, 11) is 4.94. The van der Waals surface area contributed by atoms with Gasteiger partial charge in [-0.1, -0.05) is 34.1 Å². The molecule has 3 amide bonds. The molecule has 0 aromatic heterocycles. The van der Waals surface area contributed by atoms with Crippen LogP contribution < -0.4 is 21.7 Å². The molecule has 0 saturated heterocycles. The number of amides is 3. The van der Waals surface area contributed by atoms with Gasteiger partial charge in [-0.05, 0) is 19.4 Å². The molecule has 0 saturated carbocycles. The summed E-state index contributed by atoms with van der Waals surface area (Å²) >= 11 is 0. The topological polar surface area (TPSA) is 113 Å². The van der Waals surface area contributed by atoms with Gasteiger partial charge in [0.25, 0.3) is 0 Å². The normalized spacial score (nSPS) is 10.4. The zero-order valence-corrected chi connectivity index (χ0v) is 16.5. The smallest absolute Gasteiger partial charge is 0.222 e. The summed E-state index contributed by atoms with van der Waals surface area (Å²) in [5.41, 5.74) is 5.32. The molecule has 0 spiro atoms. The zero-order chi connectivity index (χ0) is 19.5. The highest BCUT2D eigenvalue weighted by molar-refractivity contribution is 5.78. The van der Waals surface area contributed by atoms with E-state index in [0.29, 0.717) is 6.42 Å². The van der Waals surface area contributed by atoms with E-state index in [1.807, 2.05) is 27.7 Å². The first kappa shape index (κ1) is 27.2. The molecule has 5 N–H and O–H groups in total. The minimum absolute atomic E-state index is 0.0926. The fourth-order valence-corrected chi connectivity index (χ4v) is 1.44. The summed E-state index contributed by atoms with van der Waals surface area (Å²) < 4.78 is 0. The van der Waals surface area contributed by atoms with Crippen LogP contribution in [0, 0.1) is 11.8 Å². The number of nitrogens with two attached hydrogens (primary N) is 1. The van der Waals surface area contributed by atoms with Gasteiger partial charge in [-0.2, -0.15) is 0 Å². The molecule has 7 nitrogen and oxygen atoms in total. The van der Waals surface area contributed by atoms with Crippen molar-refractivity contribution in [2.24, 2.45) is 17.6 Å². The van der Waals surface area contributed by atoms with Gasteiger partial charge in [0, 0.05) is 39.4 Å². The first-order valence-corrected chi connectivity index (χ1v) is 8.55. The van der Waals surface area contributed by atoms with E-state index in [-0.39, 0.29) is 29.6 Å². The molecule has 0 fully saturated rings. The molecule has 0 aliphatic carbocycles. The maximum Gasteiger partial charge on any atom is 0.222 e. The van der Waals surface area contributed by atoms with Crippen molar-refractivity contribution in [1.82, 2.24) is 16.0 Å². The van der Waals surface area contributed by atoms with Crippen molar-refractivity contribution in [3.63, 3.8) is 0 Å². The molecular weight excluding hydrogens is 308 g/mol. The lowest BCUT2D eigenvalue weighted by Gasteiger charge is -2.08. The molecule has 24 heavy (non-hydrogen) atoms. The van der Waals surface area contributed by atoms with Crippen molar-refractivity contribution in [2.45, 2.75) is 53.4 Å². The van der Waals surface area contributed by atoms with Crippen molar-refractivity contribution in [3.8, 4) is 0 Å². The fourth-order valence-electron chi connectivity index (χ4n) is 1.44. The Morgan fingerprint density at radius 3 is 1.58 bits per heavy atom. The van der Waals surface area contributed by atoms with Gasteiger partial charge in [0.15, 0.2) is 0 Å². The quantitative estimate of drug-likeness (QED) is 0.516. The first-order valence-electron chi connectivity index (χ1n) is 8.55. The van der Waals surface area contributed by atoms with E-state index < -0.39 is 0 Å². The van der Waals surface area contributed by atoms with Gasteiger partial charge in [-0.25, -0.2) is 0 Å². The molecule has 1 atom stereocenters. The van der Waals surface area contributed by atoms with Crippen molar-refractivity contribution >= 4 is 17.7 Å². The Morgan fingerprint density at radius 1 is 0.875 bits per heavy atom. The van der Waals surface area contributed by atoms with Gasteiger partial charge in [-0.15, -0.1) is 0 Å². The third kappa shape index (κ3) is 20.4. The van der Waals surface area contributed by atoms with Crippen LogP contribution >= 0.6 is 0 Å². The number of nitrogens with one attached hydrogen (secondary N) is 3. The molecule has 0 aromatic carbocycles. The Morgan fingerprint density at radius 2 is 1.38 bits per heavy atom. The second-order valence-corrected chi connectivity index (χ2v) is 5.60. The third-order valence-electron chi connectivity index (χ3n) is 3.16. The molecule has 0 aliphatic heterocycles. The van der Waals surface area contributed by atoms with Crippen LogP contribution in [0.3, 0.4) is 0 Å². The van der Waals surface area contributed by atoms with E-state index in [0.717, 1.165) is 25.8 Å². The highest BCUT2D eigenvalue weighted by Gasteiger charge is 2.08. The van der Waals surface area contributed by atoms with Crippen molar-refractivity contribution in [1.29, 1.82) is 0 Å². The Labute approximate surface area is 147 Å². The molecule has 0 aliphatic rings. The van der Waals surface area contributed by atoms with Gasteiger partial charge in [0.2, 0.25) is 17.7 Å². The molecule has 0 aromatic rings. The van der Waals surface area contributed by atoms with Crippen LogP contribution in [0.25, 0.3) is 0 Å². The standard InChI is InChI=1S/C8H18N2O.C5H11NO.C4H9NO/c1-7(8(11)10-2)5-3-4-6-9;1-4(2)5(7)6-3;1-3-4(6)5-2/h7H,3-6,9H2,1-2H3,(H,10,11);4H,1-3H3,(H,6,7);3H2,1-2H3,(H,5,6)/t7-;;/m0../s1. The summed E-state index contributed by atoms with van der Waals surface area (Å²) in [6.07, 6.45) is 3.58. The Balaban J connectivity index is -0.000000294. The Bertz CT molecular complexity index is 328. The van der Waals surface area contributed by atoms with Crippen LogP contribution in [0.2, 0.25) is 0 Å². The summed E-state index contributed by atoms with van der Waals surface area (Å²) in [6, 6.07) is 0. The first-order chi connectivity index (χ1) is 11.2. The molecule has 0 unspecified atom stereocenters. The van der Waals surface area contributed by atoms with E-state index in [4.69, 9.17) is 5.73 Å². The fraction of sp³-hybridized carbons (Fsp3) is 0.824. The maximum atomic E-state index is 11.0. The van der Waals surface area contributed by atoms with E-state index >= 15 is 0 Å². The number of hydrogen-bond acceptors (Lipinski definition) is 4. The SMILES string of the molecule is CCC(=O)NC.CNC(=O)C(C)C.CNC(=O)[C@@H](C)CCCCN. The lowest BCUT2D eigenvalue weighted by atomic mass is 10.0. The number of carbonyl (C=O) groups is 3. The maximum absolute atomic E-state index is 11.0. The van der Waals surface area contributed by atoms with Crippen LogP contribution in [-0.2, 0) is 14.4 Å². The lowest BCUT2D eigenvalue weighted by molar-refractivity contribution is -0.124. The second kappa shape index (κ2) is 19.4. The van der Waals surface area contributed by atoms with Crippen LogP contribution in [0.5, 0.6) is 0 Å². The van der Waals surface area contributed by atoms with Crippen molar-refractivity contribution in [2.75, 3.05) is 27.7 Å². The van der Waals surface area contributed by atoms with Crippen molar-refractivity contribution in [3.05, 3.63) is 0 Å². The summed E-state index contributed by atoms with van der Waals surface area (Å²) in [5.74, 6) is 0.563. The van der Waals surface area contributed by atoms with Gasteiger partial charge in [0.05, 0.1) is 0 Å².